The van der Waals surface area contributed by atoms with Crippen LogP contribution in [-0.4, -0.2) is 46.2 Å². The van der Waals surface area contributed by atoms with Gasteiger partial charge < -0.3 is 21.3 Å². The summed E-state index contributed by atoms with van der Waals surface area (Å²) < 4.78 is 1.06. The molecule has 0 bridgehead atoms. The Balaban J connectivity index is 1.57. The number of amides is 3. The summed E-state index contributed by atoms with van der Waals surface area (Å²) in [5.41, 5.74) is 7.47. The number of carbonyl (C=O) groups excluding carboxylic acids is 3. The fraction of sp³-hybridized carbons (Fsp3) is 0.318. The van der Waals surface area contributed by atoms with E-state index >= 15 is 0 Å². The fourth-order valence-electron chi connectivity index (χ4n) is 3.94. The Labute approximate surface area is 189 Å². The third kappa shape index (κ3) is 4.40. The highest BCUT2D eigenvalue weighted by molar-refractivity contribution is 7.22. The monoisotopic (exact) mass is 452 g/mol. The van der Waals surface area contributed by atoms with E-state index < -0.39 is 17.7 Å². The number of nitrogens with one attached hydrogen (secondary N) is 2. The first-order chi connectivity index (χ1) is 15.4. The summed E-state index contributed by atoms with van der Waals surface area (Å²) in [6, 6.07) is 7.17. The Hall–Kier alpha value is -3.53. The molecule has 1 aliphatic rings. The van der Waals surface area contributed by atoms with E-state index in [9.17, 15) is 14.4 Å². The van der Waals surface area contributed by atoms with E-state index in [1.807, 2.05) is 25.2 Å². The molecular formula is C22H24N6O3S. The van der Waals surface area contributed by atoms with Crippen molar-refractivity contribution in [1.82, 2.24) is 14.9 Å². The van der Waals surface area contributed by atoms with Gasteiger partial charge in [-0.1, -0.05) is 24.3 Å². The molecular weight excluding hydrogens is 428 g/mol. The average molecular weight is 453 g/mol. The SMILES string of the molecule is CNc1nc2cc([C@@H]3CC[C@@H](C)CN3C(=O)C(=O)Nc3cncc(C(N)=O)c3)ccc2s1. The van der Waals surface area contributed by atoms with Crippen LogP contribution in [0.25, 0.3) is 10.2 Å². The summed E-state index contributed by atoms with van der Waals surface area (Å²) in [5.74, 6) is -1.79. The summed E-state index contributed by atoms with van der Waals surface area (Å²) in [5, 5.41) is 6.42. The molecule has 4 N–H and O–H groups in total. The van der Waals surface area contributed by atoms with E-state index in [1.165, 1.54) is 18.5 Å². The molecule has 2 aromatic heterocycles. The first kappa shape index (κ1) is 21.7. The zero-order valence-electron chi connectivity index (χ0n) is 17.8. The highest BCUT2D eigenvalue weighted by Crippen LogP contribution is 2.36. The molecule has 1 aliphatic heterocycles. The predicted molar refractivity (Wildman–Crippen MR) is 123 cm³/mol. The molecule has 2 atom stereocenters. The Morgan fingerprint density at radius 3 is 2.75 bits per heavy atom. The minimum absolute atomic E-state index is 0.150. The third-order valence-corrected chi connectivity index (χ3v) is 6.62. The quantitative estimate of drug-likeness (QED) is 0.522. The van der Waals surface area contributed by atoms with Crippen LogP contribution < -0.4 is 16.4 Å². The van der Waals surface area contributed by atoms with E-state index in [-0.39, 0.29) is 23.2 Å². The number of anilines is 2. The van der Waals surface area contributed by atoms with Crippen LogP contribution in [0.15, 0.2) is 36.7 Å². The minimum Gasteiger partial charge on any atom is -0.366 e. The largest absolute Gasteiger partial charge is 0.366 e. The Morgan fingerprint density at radius 1 is 1.19 bits per heavy atom. The standard InChI is InChI=1S/C22H24N6O3S/c1-12-3-5-17(13-4-6-18-16(8-13)27-22(24-2)32-18)28(11-12)21(31)20(30)26-15-7-14(19(23)29)9-25-10-15/h4,6-10,12,17H,3,5,11H2,1-2H3,(H2,23,29)(H,24,27)(H,26,30)/t12-,17+/m1/s1. The molecule has 3 heterocycles. The van der Waals surface area contributed by atoms with Crippen molar-refractivity contribution in [2.45, 2.75) is 25.8 Å². The van der Waals surface area contributed by atoms with Crippen LogP contribution in [0.4, 0.5) is 10.8 Å². The summed E-state index contributed by atoms with van der Waals surface area (Å²) in [6.07, 6.45) is 4.38. The molecule has 10 heteroatoms. The van der Waals surface area contributed by atoms with Gasteiger partial charge in [0.1, 0.15) is 0 Å². The van der Waals surface area contributed by atoms with Gasteiger partial charge in [0.15, 0.2) is 5.13 Å². The van der Waals surface area contributed by atoms with Crippen molar-refractivity contribution in [2.24, 2.45) is 11.7 Å². The normalized spacial score (nSPS) is 18.4. The van der Waals surface area contributed by atoms with Crippen LogP contribution in [0.3, 0.4) is 0 Å². The molecule has 1 aromatic carbocycles. The van der Waals surface area contributed by atoms with Gasteiger partial charge in [0.25, 0.3) is 0 Å². The molecule has 0 spiro atoms. The molecule has 1 saturated heterocycles. The van der Waals surface area contributed by atoms with Crippen molar-refractivity contribution in [3.8, 4) is 0 Å². The Morgan fingerprint density at radius 2 is 2.00 bits per heavy atom. The number of carbonyl (C=O) groups is 3. The van der Waals surface area contributed by atoms with E-state index in [1.54, 1.807) is 16.2 Å². The molecule has 0 saturated carbocycles. The van der Waals surface area contributed by atoms with Gasteiger partial charge in [-0.2, -0.15) is 0 Å². The summed E-state index contributed by atoms with van der Waals surface area (Å²) >= 11 is 1.56. The van der Waals surface area contributed by atoms with Crippen molar-refractivity contribution in [3.63, 3.8) is 0 Å². The van der Waals surface area contributed by atoms with Crippen LogP contribution in [-0.2, 0) is 9.59 Å². The lowest BCUT2D eigenvalue weighted by Crippen LogP contribution is -2.46. The second-order valence-electron chi connectivity index (χ2n) is 7.93. The molecule has 4 rings (SSSR count). The first-order valence-corrected chi connectivity index (χ1v) is 11.1. The number of nitrogens with two attached hydrogens (primary N) is 1. The molecule has 9 nitrogen and oxygen atoms in total. The maximum Gasteiger partial charge on any atom is 0.313 e. The van der Waals surface area contributed by atoms with Crippen molar-refractivity contribution < 1.29 is 14.4 Å². The summed E-state index contributed by atoms with van der Waals surface area (Å²) in [7, 11) is 1.83. The third-order valence-electron chi connectivity index (χ3n) is 5.56. The first-order valence-electron chi connectivity index (χ1n) is 10.3. The summed E-state index contributed by atoms with van der Waals surface area (Å²) in [6.45, 7) is 2.55. The number of hydrogen-bond acceptors (Lipinski definition) is 7. The number of thiazole rings is 1. The van der Waals surface area contributed by atoms with Crippen molar-refractivity contribution in [3.05, 3.63) is 47.8 Å². The minimum atomic E-state index is -0.778. The van der Waals surface area contributed by atoms with Gasteiger partial charge in [0.2, 0.25) is 5.91 Å². The zero-order chi connectivity index (χ0) is 22.8. The smallest absolute Gasteiger partial charge is 0.313 e. The van der Waals surface area contributed by atoms with Crippen LogP contribution in [0, 0.1) is 5.92 Å². The molecule has 0 unspecified atom stereocenters. The van der Waals surface area contributed by atoms with Crippen LogP contribution in [0.1, 0.15) is 41.7 Å². The molecule has 1 fully saturated rings. The molecule has 3 aromatic rings. The average Bonchev–Trinajstić information content (AvgIpc) is 3.21. The molecule has 3 amide bonds. The van der Waals surface area contributed by atoms with Gasteiger partial charge in [0, 0.05) is 19.8 Å². The Bertz CT molecular complexity index is 1190. The number of benzene rings is 1. The van der Waals surface area contributed by atoms with Gasteiger partial charge in [-0.3, -0.25) is 19.4 Å². The topological polar surface area (TPSA) is 130 Å². The van der Waals surface area contributed by atoms with Gasteiger partial charge in [-0.25, -0.2) is 4.98 Å². The van der Waals surface area contributed by atoms with Crippen LogP contribution in [0.2, 0.25) is 0 Å². The molecule has 166 valence electrons. The van der Waals surface area contributed by atoms with Crippen molar-refractivity contribution >= 4 is 50.1 Å². The second-order valence-corrected chi connectivity index (χ2v) is 8.96. The van der Waals surface area contributed by atoms with Crippen LogP contribution >= 0.6 is 11.3 Å². The maximum absolute atomic E-state index is 13.1. The highest BCUT2D eigenvalue weighted by Gasteiger charge is 2.34. The lowest BCUT2D eigenvalue weighted by atomic mass is 9.89. The second kappa shape index (κ2) is 8.91. The fourth-order valence-corrected chi connectivity index (χ4v) is 4.74. The lowest BCUT2D eigenvalue weighted by molar-refractivity contribution is -0.146. The number of likely N-dealkylation sites (tertiary alicyclic amines) is 1. The number of pyridine rings is 1. The Kier molecular flexibility index (Phi) is 6.04. The number of piperidine rings is 1. The van der Waals surface area contributed by atoms with Crippen LogP contribution in [0.5, 0.6) is 0 Å². The predicted octanol–water partition coefficient (Wildman–Crippen LogP) is 2.77. The number of primary amides is 1. The van der Waals surface area contributed by atoms with E-state index in [0.29, 0.717) is 6.54 Å². The van der Waals surface area contributed by atoms with Gasteiger partial charge in [-0.15, -0.1) is 0 Å². The maximum atomic E-state index is 13.1. The number of hydrogen-bond donors (Lipinski definition) is 3. The van der Waals surface area contributed by atoms with Gasteiger partial charge in [-0.05, 0) is 42.5 Å². The summed E-state index contributed by atoms with van der Waals surface area (Å²) in [4.78, 5) is 47.3. The number of rotatable bonds is 4. The van der Waals surface area contributed by atoms with Crippen molar-refractivity contribution in [1.29, 1.82) is 0 Å². The van der Waals surface area contributed by atoms with Gasteiger partial charge in [0.05, 0.1) is 33.7 Å². The molecule has 0 radical (unpaired) electrons. The van der Waals surface area contributed by atoms with E-state index in [2.05, 4.69) is 27.5 Å². The van der Waals surface area contributed by atoms with E-state index in [0.717, 1.165) is 33.8 Å². The molecule has 0 aliphatic carbocycles. The number of nitrogens with zero attached hydrogens (tertiary/aromatic N) is 3. The van der Waals surface area contributed by atoms with E-state index in [4.69, 9.17) is 5.73 Å². The number of fused-ring (bicyclic) bond motifs is 1. The molecule has 32 heavy (non-hydrogen) atoms. The van der Waals surface area contributed by atoms with Crippen molar-refractivity contribution in [2.75, 3.05) is 24.2 Å². The highest BCUT2D eigenvalue weighted by atomic mass is 32.1. The number of aromatic nitrogens is 2. The van der Waals surface area contributed by atoms with Gasteiger partial charge >= 0.3 is 11.8 Å². The lowest BCUT2D eigenvalue weighted by Gasteiger charge is -2.38. The zero-order valence-corrected chi connectivity index (χ0v) is 18.6.